The number of carbonyl (C=O) groups is 1. The van der Waals surface area contributed by atoms with E-state index in [4.69, 9.17) is 9.15 Å². The van der Waals surface area contributed by atoms with E-state index in [1.165, 1.54) is 0 Å². The van der Waals surface area contributed by atoms with Gasteiger partial charge in [0.15, 0.2) is 0 Å². The van der Waals surface area contributed by atoms with Crippen molar-refractivity contribution in [3.8, 4) is 0 Å². The Labute approximate surface area is 113 Å². The summed E-state index contributed by atoms with van der Waals surface area (Å²) in [6, 6.07) is 0. The number of hydrogen-bond donors (Lipinski definition) is 0. The molecule has 2 rings (SSSR count). The number of likely N-dealkylation sites (tertiary alicyclic amines) is 1. The first-order chi connectivity index (χ1) is 8.85. The van der Waals surface area contributed by atoms with Gasteiger partial charge in [0, 0.05) is 20.0 Å². The lowest BCUT2D eigenvalue weighted by molar-refractivity contribution is 0.0190. The second-order valence-electron chi connectivity index (χ2n) is 5.92. The maximum absolute atomic E-state index is 12.0. The summed E-state index contributed by atoms with van der Waals surface area (Å²) in [7, 11) is 0. The molecule has 6 nitrogen and oxygen atoms in total. The van der Waals surface area contributed by atoms with Crippen LogP contribution in [0.15, 0.2) is 4.42 Å². The SMILES string of the molecule is Cc1nnc(C2CCCN(C(=O)OC(C)(C)C)C2)o1. The van der Waals surface area contributed by atoms with Gasteiger partial charge in [-0.3, -0.25) is 0 Å². The van der Waals surface area contributed by atoms with E-state index < -0.39 is 5.60 Å². The van der Waals surface area contributed by atoms with Gasteiger partial charge in [0.05, 0.1) is 5.92 Å². The number of aromatic nitrogens is 2. The van der Waals surface area contributed by atoms with Gasteiger partial charge in [-0.15, -0.1) is 10.2 Å². The predicted molar refractivity (Wildman–Crippen MR) is 68.8 cm³/mol. The normalized spacial score (nSPS) is 20.4. The summed E-state index contributed by atoms with van der Waals surface area (Å²) in [5, 5.41) is 7.88. The van der Waals surface area contributed by atoms with Gasteiger partial charge in [0.1, 0.15) is 5.60 Å². The molecule has 1 saturated heterocycles. The Morgan fingerprint density at radius 3 is 2.74 bits per heavy atom. The van der Waals surface area contributed by atoms with Crippen molar-refractivity contribution in [1.29, 1.82) is 0 Å². The van der Waals surface area contributed by atoms with Crippen LogP contribution in [0.5, 0.6) is 0 Å². The van der Waals surface area contributed by atoms with Gasteiger partial charge in [-0.2, -0.15) is 0 Å². The maximum Gasteiger partial charge on any atom is 0.410 e. The smallest absolute Gasteiger partial charge is 0.410 e. The largest absolute Gasteiger partial charge is 0.444 e. The lowest BCUT2D eigenvalue weighted by atomic mass is 9.98. The molecule has 0 saturated carbocycles. The Hall–Kier alpha value is -1.59. The minimum Gasteiger partial charge on any atom is -0.444 e. The summed E-state index contributed by atoms with van der Waals surface area (Å²) >= 11 is 0. The highest BCUT2D eigenvalue weighted by Gasteiger charge is 2.30. The minimum atomic E-state index is -0.467. The van der Waals surface area contributed by atoms with Crippen molar-refractivity contribution in [2.45, 2.75) is 52.1 Å². The average molecular weight is 267 g/mol. The molecule has 0 radical (unpaired) electrons. The van der Waals surface area contributed by atoms with Crippen LogP contribution >= 0.6 is 0 Å². The van der Waals surface area contributed by atoms with Gasteiger partial charge in [0.2, 0.25) is 11.8 Å². The fourth-order valence-electron chi connectivity index (χ4n) is 2.15. The van der Waals surface area contributed by atoms with E-state index in [0.717, 1.165) is 19.4 Å². The molecule has 1 unspecified atom stereocenters. The number of hydrogen-bond acceptors (Lipinski definition) is 5. The van der Waals surface area contributed by atoms with Crippen molar-refractivity contribution >= 4 is 6.09 Å². The number of piperidine rings is 1. The first-order valence-electron chi connectivity index (χ1n) is 6.63. The Balaban J connectivity index is 1.99. The van der Waals surface area contributed by atoms with E-state index in [9.17, 15) is 4.79 Å². The highest BCUT2D eigenvalue weighted by molar-refractivity contribution is 5.68. The molecule has 19 heavy (non-hydrogen) atoms. The van der Waals surface area contributed by atoms with Gasteiger partial charge in [-0.1, -0.05) is 0 Å². The molecule has 1 aromatic rings. The van der Waals surface area contributed by atoms with Crippen LogP contribution in [0.1, 0.15) is 51.3 Å². The number of carbonyl (C=O) groups excluding carboxylic acids is 1. The quantitative estimate of drug-likeness (QED) is 0.782. The summed E-state index contributed by atoms with van der Waals surface area (Å²) in [4.78, 5) is 13.8. The third-order valence-corrected chi connectivity index (χ3v) is 2.96. The molecule has 1 aliphatic rings. The summed E-state index contributed by atoms with van der Waals surface area (Å²) in [5.74, 6) is 1.29. The van der Waals surface area contributed by atoms with Crippen molar-refractivity contribution in [3.63, 3.8) is 0 Å². The highest BCUT2D eigenvalue weighted by atomic mass is 16.6. The summed E-state index contributed by atoms with van der Waals surface area (Å²) in [5.41, 5.74) is -0.467. The lowest BCUT2D eigenvalue weighted by Crippen LogP contribution is -2.42. The van der Waals surface area contributed by atoms with Crippen molar-refractivity contribution in [2.75, 3.05) is 13.1 Å². The number of aryl methyl sites for hydroxylation is 1. The molecule has 0 bridgehead atoms. The number of amides is 1. The number of rotatable bonds is 1. The molecule has 6 heteroatoms. The minimum absolute atomic E-state index is 0.113. The van der Waals surface area contributed by atoms with Crippen LogP contribution in [0.4, 0.5) is 4.79 Å². The predicted octanol–water partition coefficient (Wildman–Crippen LogP) is 2.49. The van der Waals surface area contributed by atoms with E-state index in [2.05, 4.69) is 10.2 Å². The van der Waals surface area contributed by atoms with Gasteiger partial charge >= 0.3 is 6.09 Å². The topological polar surface area (TPSA) is 68.5 Å². The lowest BCUT2D eigenvalue weighted by Gasteiger charge is -2.32. The molecule has 1 amide bonds. The summed E-state index contributed by atoms with van der Waals surface area (Å²) < 4.78 is 10.8. The van der Waals surface area contributed by atoms with E-state index in [1.54, 1.807) is 11.8 Å². The van der Waals surface area contributed by atoms with Crippen LogP contribution < -0.4 is 0 Å². The third-order valence-electron chi connectivity index (χ3n) is 2.96. The van der Waals surface area contributed by atoms with Crippen LogP contribution in [0.3, 0.4) is 0 Å². The van der Waals surface area contributed by atoms with Crippen LogP contribution in [-0.4, -0.2) is 39.9 Å². The van der Waals surface area contributed by atoms with E-state index in [0.29, 0.717) is 18.3 Å². The Kier molecular flexibility index (Phi) is 3.78. The molecule has 1 aliphatic heterocycles. The zero-order valence-electron chi connectivity index (χ0n) is 12.0. The first-order valence-corrected chi connectivity index (χ1v) is 6.63. The second-order valence-corrected chi connectivity index (χ2v) is 5.92. The van der Waals surface area contributed by atoms with Crippen molar-refractivity contribution < 1.29 is 13.9 Å². The zero-order chi connectivity index (χ0) is 14.0. The van der Waals surface area contributed by atoms with Gasteiger partial charge in [-0.05, 0) is 33.6 Å². The Morgan fingerprint density at radius 2 is 2.16 bits per heavy atom. The molecule has 1 aromatic heterocycles. The van der Waals surface area contributed by atoms with Crippen LogP contribution in [0.2, 0.25) is 0 Å². The van der Waals surface area contributed by atoms with Crippen molar-refractivity contribution in [2.24, 2.45) is 0 Å². The van der Waals surface area contributed by atoms with Gasteiger partial charge in [0.25, 0.3) is 0 Å². The molecule has 0 N–H and O–H groups in total. The number of ether oxygens (including phenoxy) is 1. The van der Waals surface area contributed by atoms with Crippen molar-refractivity contribution in [1.82, 2.24) is 15.1 Å². The maximum atomic E-state index is 12.0. The molecular weight excluding hydrogens is 246 g/mol. The standard InChI is InChI=1S/C13H21N3O3/c1-9-14-15-11(18-9)10-6-5-7-16(8-10)12(17)19-13(2,3)4/h10H,5-8H2,1-4H3. The van der Waals surface area contributed by atoms with E-state index >= 15 is 0 Å². The molecule has 0 spiro atoms. The first kappa shape index (κ1) is 13.8. The molecule has 106 valence electrons. The number of nitrogens with zero attached hydrogens (tertiary/aromatic N) is 3. The van der Waals surface area contributed by atoms with Gasteiger partial charge in [-0.25, -0.2) is 4.79 Å². The van der Waals surface area contributed by atoms with E-state index in [1.807, 2.05) is 20.8 Å². The fraction of sp³-hybridized carbons (Fsp3) is 0.769. The second kappa shape index (κ2) is 5.19. The molecular formula is C13H21N3O3. The fourth-order valence-corrected chi connectivity index (χ4v) is 2.15. The summed E-state index contributed by atoms with van der Waals surface area (Å²) in [6.45, 7) is 8.68. The van der Waals surface area contributed by atoms with Gasteiger partial charge < -0.3 is 14.1 Å². The molecule has 0 aliphatic carbocycles. The van der Waals surface area contributed by atoms with Crippen LogP contribution in [0.25, 0.3) is 0 Å². The summed E-state index contributed by atoms with van der Waals surface area (Å²) in [6.07, 6.45) is 1.61. The average Bonchev–Trinajstić information content (AvgIpc) is 2.74. The highest BCUT2D eigenvalue weighted by Crippen LogP contribution is 2.26. The zero-order valence-corrected chi connectivity index (χ0v) is 12.0. The van der Waals surface area contributed by atoms with Crippen molar-refractivity contribution in [3.05, 3.63) is 11.8 Å². The Morgan fingerprint density at radius 1 is 1.42 bits per heavy atom. The molecule has 0 aromatic carbocycles. The molecule has 1 atom stereocenters. The van der Waals surface area contributed by atoms with E-state index in [-0.39, 0.29) is 12.0 Å². The Bertz CT molecular complexity index is 450. The van der Waals surface area contributed by atoms with Crippen LogP contribution in [-0.2, 0) is 4.74 Å². The monoisotopic (exact) mass is 267 g/mol. The van der Waals surface area contributed by atoms with Crippen LogP contribution in [0, 0.1) is 6.92 Å². The molecule has 1 fully saturated rings. The third kappa shape index (κ3) is 3.68. The molecule has 2 heterocycles.